The largest absolute Gasteiger partial charge is 0.493 e. The summed E-state index contributed by atoms with van der Waals surface area (Å²) in [6, 6.07) is 6.44. The lowest BCUT2D eigenvalue weighted by atomic mass is 10.1. The molecule has 3 nitrogen and oxygen atoms in total. The molecule has 1 unspecified atom stereocenters. The Morgan fingerprint density at radius 1 is 1.22 bits per heavy atom. The van der Waals surface area contributed by atoms with Gasteiger partial charge in [-0.2, -0.15) is 0 Å². The first kappa shape index (κ1) is 15.1. The molecule has 0 aliphatic heterocycles. The Morgan fingerprint density at radius 2 is 1.94 bits per heavy atom. The predicted molar refractivity (Wildman–Crippen MR) is 75.8 cm³/mol. The van der Waals surface area contributed by atoms with Crippen LogP contribution < -0.4 is 14.8 Å². The van der Waals surface area contributed by atoms with Crippen LogP contribution in [0.3, 0.4) is 0 Å². The molecule has 1 N–H and O–H groups in total. The van der Waals surface area contributed by atoms with E-state index in [0.29, 0.717) is 11.9 Å². The molecule has 0 bridgehead atoms. The molecular weight excluding hydrogens is 250 g/mol. The van der Waals surface area contributed by atoms with Crippen LogP contribution in [0.5, 0.6) is 11.5 Å². The number of benzene rings is 1. The summed E-state index contributed by atoms with van der Waals surface area (Å²) in [6.45, 7) is 2.98. The first-order valence-corrected chi connectivity index (χ1v) is 6.78. The van der Waals surface area contributed by atoms with Crippen molar-refractivity contribution in [2.24, 2.45) is 0 Å². The molecule has 0 aliphatic rings. The number of halogens is 1. The van der Waals surface area contributed by atoms with E-state index in [4.69, 9.17) is 21.1 Å². The molecule has 1 atom stereocenters. The quantitative estimate of drug-likeness (QED) is 0.737. The zero-order valence-corrected chi connectivity index (χ0v) is 12.1. The topological polar surface area (TPSA) is 30.5 Å². The van der Waals surface area contributed by atoms with E-state index in [0.717, 1.165) is 30.9 Å². The summed E-state index contributed by atoms with van der Waals surface area (Å²) in [7, 11) is 3.29. The van der Waals surface area contributed by atoms with Crippen LogP contribution in [0, 0.1) is 0 Å². The van der Waals surface area contributed by atoms with Crippen LogP contribution in [0.1, 0.15) is 25.3 Å². The SMILES string of the molecule is CCC(CCCl)NCc1ccc(OC)c(OC)c1. The zero-order chi connectivity index (χ0) is 13.4. The van der Waals surface area contributed by atoms with Gasteiger partial charge >= 0.3 is 0 Å². The Hall–Kier alpha value is -0.930. The number of alkyl halides is 1. The van der Waals surface area contributed by atoms with E-state index in [1.807, 2.05) is 18.2 Å². The standard InChI is InChI=1S/C14H22ClNO2/c1-4-12(7-8-15)16-10-11-5-6-13(17-2)14(9-11)18-3/h5-6,9,12,16H,4,7-8,10H2,1-3H3. The number of hydrogen-bond donors (Lipinski definition) is 1. The van der Waals surface area contributed by atoms with Gasteiger partial charge in [-0.05, 0) is 30.5 Å². The third-order valence-corrected chi connectivity index (χ3v) is 3.21. The zero-order valence-electron chi connectivity index (χ0n) is 11.3. The van der Waals surface area contributed by atoms with Crippen molar-refractivity contribution in [2.45, 2.75) is 32.4 Å². The van der Waals surface area contributed by atoms with Crippen molar-refractivity contribution in [3.63, 3.8) is 0 Å². The number of ether oxygens (including phenoxy) is 2. The van der Waals surface area contributed by atoms with Crippen molar-refractivity contribution in [3.8, 4) is 11.5 Å². The molecule has 0 saturated heterocycles. The average Bonchev–Trinajstić information content (AvgIpc) is 2.42. The number of hydrogen-bond acceptors (Lipinski definition) is 3. The van der Waals surface area contributed by atoms with E-state index in [2.05, 4.69) is 12.2 Å². The first-order valence-electron chi connectivity index (χ1n) is 6.25. The second-order valence-electron chi connectivity index (χ2n) is 4.15. The number of nitrogens with one attached hydrogen (secondary N) is 1. The van der Waals surface area contributed by atoms with Crippen molar-refractivity contribution >= 4 is 11.6 Å². The predicted octanol–water partition coefficient (Wildman–Crippen LogP) is 3.20. The Kier molecular flexibility index (Phi) is 6.91. The number of methoxy groups -OCH3 is 2. The summed E-state index contributed by atoms with van der Waals surface area (Å²) in [5.74, 6) is 2.22. The molecule has 1 aromatic carbocycles. The van der Waals surface area contributed by atoms with Gasteiger partial charge in [0.25, 0.3) is 0 Å². The second-order valence-corrected chi connectivity index (χ2v) is 4.53. The Labute approximate surface area is 114 Å². The monoisotopic (exact) mass is 271 g/mol. The van der Waals surface area contributed by atoms with Gasteiger partial charge in [-0.25, -0.2) is 0 Å². The van der Waals surface area contributed by atoms with E-state index >= 15 is 0 Å². The molecule has 0 saturated carbocycles. The van der Waals surface area contributed by atoms with Gasteiger partial charge in [-0.1, -0.05) is 13.0 Å². The van der Waals surface area contributed by atoms with Gasteiger partial charge in [0.1, 0.15) is 0 Å². The van der Waals surface area contributed by atoms with Crippen LogP contribution in [-0.4, -0.2) is 26.1 Å². The summed E-state index contributed by atoms with van der Waals surface area (Å²) >= 11 is 5.77. The molecule has 0 fully saturated rings. The average molecular weight is 272 g/mol. The number of rotatable bonds is 8. The third-order valence-electron chi connectivity index (χ3n) is 2.99. The minimum Gasteiger partial charge on any atom is -0.493 e. The lowest BCUT2D eigenvalue weighted by molar-refractivity contribution is 0.354. The van der Waals surface area contributed by atoms with Gasteiger partial charge in [-0.3, -0.25) is 0 Å². The fourth-order valence-corrected chi connectivity index (χ4v) is 2.10. The second kappa shape index (κ2) is 8.22. The van der Waals surface area contributed by atoms with E-state index in [1.54, 1.807) is 14.2 Å². The molecule has 0 aliphatic carbocycles. The van der Waals surface area contributed by atoms with Gasteiger partial charge in [-0.15, -0.1) is 11.6 Å². The molecule has 0 heterocycles. The minimum atomic E-state index is 0.468. The highest BCUT2D eigenvalue weighted by molar-refractivity contribution is 6.17. The van der Waals surface area contributed by atoms with Crippen LogP contribution in [0.25, 0.3) is 0 Å². The van der Waals surface area contributed by atoms with Crippen LogP contribution in [0.15, 0.2) is 18.2 Å². The van der Waals surface area contributed by atoms with Crippen LogP contribution >= 0.6 is 11.6 Å². The summed E-state index contributed by atoms with van der Waals surface area (Å²) in [4.78, 5) is 0. The molecular formula is C14H22ClNO2. The molecule has 0 amide bonds. The highest BCUT2D eigenvalue weighted by atomic mass is 35.5. The Balaban J connectivity index is 2.61. The van der Waals surface area contributed by atoms with Crippen LogP contribution in [0.4, 0.5) is 0 Å². The highest BCUT2D eigenvalue weighted by Gasteiger charge is 2.07. The molecule has 1 rings (SSSR count). The van der Waals surface area contributed by atoms with Gasteiger partial charge in [0.15, 0.2) is 11.5 Å². The summed E-state index contributed by atoms with van der Waals surface area (Å²) in [5.41, 5.74) is 1.18. The van der Waals surface area contributed by atoms with E-state index in [-0.39, 0.29) is 0 Å². The summed E-state index contributed by atoms with van der Waals surface area (Å²) < 4.78 is 10.5. The maximum atomic E-state index is 5.77. The van der Waals surface area contributed by atoms with Gasteiger partial charge in [0.05, 0.1) is 14.2 Å². The van der Waals surface area contributed by atoms with Crippen LogP contribution in [0.2, 0.25) is 0 Å². The van der Waals surface area contributed by atoms with Crippen molar-refractivity contribution in [3.05, 3.63) is 23.8 Å². The smallest absolute Gasteiger partial charge is 0.161 e. The highest BCUT2D eigenvalue weighted by Crippen LogP contribution is 2.27. The van der Waals surface area contributed by atoms with Crippen molar-refractivity contribution in [1.29, 1.82) is 0 Å². The third kappa shape index (κ3) is 4.39. The van der Waals surface area contributed by atoms with Crippen molar-refractivity contribution < 1.29 is 9.47 Å². The fraction of sp³-hybridized carbons (Fsp3) is 0.571. The van der Waals surface area contributed by atoms with Gasteiger partial charge in [0.2, 0.25) is 0 Å². The maximum absolute atomic E-state index is 5.77. The molecule has 4 heteroatoms. The summed E-state index contributed by atoms with van der Waals surface area (Å²) in [5, 5.41) is 3.49. The Morgan fingerprint density at radius 3 is 2.50 bits per heavy atom. The first-order chi connectivity index (χ1) is 8.74. The maximum Gasteiger partial charge on any atom is 0.161 e. The van der Waals surface area contributed by atoms with Crippen molar-refractivity contribution in [2.75, 3.05) is 20.1 Å². The molecule has 18 heavy (non-hydrogen) atoms. The summed E-state index contributed by atoms with van der Waals surface area (Å²) in [6.07, 6.45) is 2.07. The lowest BCUT2D eigenvalue weighted by Gasteiger charge is -2.16. The lowest BCUT2D eigenvalue weighted by Crippen LogP contribution is -2.28. The van der Waals surface area contributed by atoms with Crippen molar-refractivity contribution in [1.82, 2.24) is 5.32 Å². The van der Waals surface area contributed by atoms with Gasteiger partial charge < -0.3 is 14.8 Å². The van der Waals surface area contributed by atoms with E-state index in [1.165, 1.54) is 5.56 Å². The minimum absolute atomic E-state index is 0.468. The molecule has 0 aromatic heterocycles. The normalized spacial score (nSPS) is 12.2. The molecule has 102 valence electrons. The fourth-order valence-electron chi connectivity index (χ4n) is 1.84. The van der Waals surface area contributed by atoms with Gasteiger partial charge in [0, 0.05) is 18.5 Å². The van der Waals surface area contributed by atoms with Crippen LogP contribution in [-0.2, 0) is 6.54 Å². The Bertz CT molecular complexity index is 358. The van der Waals surface area contributed by atoms with E-state index in [9.17, 15) is 0 Å². The van der Waals surface area contributed by atoms with E-state index < -0.39 is 0 Å². The molecule has 1 aromatic rings. The molecule has 0 radical (unpaired) electrons. The molecule has 0 spiro atoms.